The van der Waals surface area contributed by atoms with Crippen LogP contribution >= 0.6 is 0 Å². The van der Waals surface area contributed by atoms with Crippen LogP contribution in [0.15, 0.2) is 24.4 Å². The van der Waals surface area contributed by atoms with E-state index in [1.54, 1.807) is 0 Å². The molecule has 0 bridgehead atoms. The van der Waals surface area contributed by atoms with Gasteiger partial charge in [-0.05, 0) is 68.3 Å². The number of rotatable bonds is 4. The molecule has 9 nitrogen and oxygen atoms in total. The zero-order chi connectivity index (χ0) is 27.2. The van der Waals surface area contributed by atoms with Crippen molar-refractivity contribution in [3.63, 3.8) is 0 Å². The van der Waals surface area contributed by atoms with Crippen LogP contribution in [0.1, 0.15) is 79.6 Å². The van der Waals surface area contributed by atoms with Crippen LogP contribution in [0.2, 0.25) is 0 Å². The fraction of sp³-hybridized carbons (Fsp3) is 0.480. The van der Waals surface area contributed by atoms with Gasteiger partial charge in [-0.3, -0.25) is 9.78 Å². The number of nitriles is 1. The van der Waals surface area contributed by atoms with E-state index in [1.165, 1.54) is 11.8 Å². The third kappa shape index (κ3) is 7.63. The van der Waals surface area contributed by atoms with Gasteiger partial charge < -0.3 is 20.7 Å². The molecule has 1 aliphatic carbocycles. The number of hydrogen-bond donors (Lipinski definition) is 4. The quantitative estimate of drug-likeness (QED) is 0.462. The number of piperidine rings is 1. The zero-order valence-electron chi connectivity index (χ0n) is 20.6. The Morgan fingerprint density at radius 3 is 2.46 bits per heavy atom. The molecule has 3 heterocycles. The van der Waals surface area contributed by atoms with Crippen molar-refractivity contribution in [2.45, 2.75) is 58.0 Å². The number of imidazole rings is 1. The van der Waals surface area contributed by atoms with E-state index in [4.69, 9.17) is 20.1 Å². The lowest BCUT2D eigenvalue weighted by molar-refractivity contribution is -0.192. The molecular formula is C25H29F3N6O3. The van der Waals surface area contributed by atoms with Crippen LogP contribution in [0.4, 0.5) is 18.9 Å². The lowest BCUT2D eigenvalue weighted by atomic mass is 9.77. The molecule has 2 aliphatic rings. The molecular weight excluding hydrogens is 489 g/mol. The molecule has 37 heavy (non-hydrogen) atoms. The summed E-state index contributed by atoms with van der Waals surface area (Å²) in [5.41, 5.74) is 4.40. The highest BCUT2D eigenvalue weighted by atomic mass is 19.4. The maximum Gasteiger partial charge on any atom is 0.490 e. The lowest BCUT2D eigenvalue weighted by Gasteiger charge is -2.29. The Bertz CT molecular complexity index is 1210. The van der Waals surface area contributed by atoms with Gasteiger partial charge in [0.1, 0.15) is 11.8 Å². The average molecular weight is 519 g/mol. The maximum absolute atomic E-state index is 12.7. The number of alkyl halides is 3. The molecule has 12 heteroatoms. The van der Waals surface area contributed by atoms with Gasteiger partial charge in [0.2, 0.25) is 0 Å². The van der Waals surface area contributed by atoms with Crippen LogP contribution in [0, 0.1) is 16.7 Å². The number of nitrogens with one attached hydrogen (secondary N) is 3. The van der Waals surface area contributed by atoms with Gasteiger partial charge in [-0.2, -0.15) is 18.4 Å². The van der Waals surface area contributed by atoms with Crippen LogP contribution in [-0.4, -0.2) is 51.2 Å². The second kappa shape index (κ2) is 11.6. The highest BCUT2D eigenvalue weighted by Crippen LogP contribution is 2.40. The number of aromatic nitrogens is 3. The second-order valence-corrected chi connectivity index (χ2v) is 9.77. The molecule has 4 N–H and O–H groups in total. The SMILES string of the molecule is CC1(C)CC=C(c2nc(C3CCNCC3)ccc2NC(=O)c2ncc(C#N)[nH]2)CC1.O=C(O)C(F)(F)F. The Hall–Kier alpha value is -3.72. The Labute approximate surface area is 212 Å². The minimum atomic E-state index is -5.08. The Morgan fingerprint density at radius 2 is 1.92 bits per heavy atom. The van der Waals surface area contributed by atoms with Crippen LogP contribution in [0.25, 0.3) is 5.57 Å². The van der Waals surface area contributed by atoms with Gasteiger partial charge in [0, 0.05) is 11.6 Å². The normalized spacial score (nSPS) is 17.6. The van der Waals surface area contributed by atoms with Crippen molar-refractivity contribution in [3.8, 4) is 6.07 Å². The smallest absolute Gasteiger partial charge is 0.475 e. The van der Waals surface area contributed by atoms with E-state index in [-0.39, 0.29) is 17.4 Å². The lowest BCUT2D eigenvalue weighted by Crippen LogP contribution is -2.27. The fourth-order valence-corrected chi connectivity index (χ4v) is 4.13. The van der Waals surface area contributed by atoms with E-state index < -0.39 is 12.1 Å². The molecule has 1 amide bonds. The van der Waals surface area contributed by atoms with Crippen molar-refractivity contribution >= 4 is 23.1 Å². The van der Waals surface area contributed by atoms with E-state index >= 15 is 0 Å². The summed E-state index contributed by atoms with van der Waals surface area (Å²) in [4.78, 5) is 33.4. The first-order chi connectivity index (χ1) is 17.4. The summed E-state index contributed by atoms with van der Waals surface area (Å²) < 4.78 is 31.7. The summed E-state index contributed by atoms with van der Waals surface area (Å²) in [6, 6.07) is 5.95. The fourth-order valence-electron chi connectivity index (χ4n) is 4.13. The number of anilines is 1. The number of allylic oxidation sites excluding steroid dienone is 2. The summed E-state index contributed by atoms with van der Waals surface area (Å²) in [6.07, 6.45) is 3.74. The van der Waals surface area contributed by atoms with Crippen LogP contribution < -0.4 is 10.6 Å². The standard InChI is InChI=1S/C23H28N6O.C2HF3O2/c1-23(2)9-5-16(6-10-23)20-19(29-22(30)21-26-14-17(13-24)27-21)4-3-18(28-20)15-7-11-25-12-8-15;3-2(4,5)1(6)7/h3-5,14-15,25H,6-12H2,1-2H3,(H,26,27)(H,29,30);(H,6,7). The Morgan fingerprint density at radius 1 is 1.24 bits per heavy atom. The van der Waals surface area contributed by atoms with Crippen LogP contribution in [0.3, 0.4) is 0 Å². The van der Waals surface area contributed by atoms with Crippen molar-refractivity contribution < 1.29 is 27.9 Å². The number of nitrogens with zero attached hydrogens (tertiary/aromatic N) is 3. The number of aliphatic carboxylic acids is 1. The third-order valence-electron chi connectivity index (χ3n) is 6.35. The molecule has 0 spiro atoms. The number of carbonyl (C=O) groups excluding carboxylic acids is 1. The predicted octanol–water partition coefficient (Wildman–Crippen LogP) is 4.62. The number of aromatic amines is 1. The largest absolute Gasteiger partial charge is 0.490 e. The molecule has 1 saturated heterocycles. The third-order valence-corrected chi connectivity index (χ3v) is 6.35. The van der Waals surface area contributed by atoms with Gasteiger partial charge in [-0.15, -0.1) is 0 Å². The summed E-state index contributed by atoms with van der Waals surface area (Å²) >= 11 is 0. The Balaban J connectivity index is 0.000000479. The van der Waals surface area contributed by atoms with Crippen molar-refractivity contribution in [2.24, 2.45) is 5.41 Å². The molecule has 198 valence electrons. The number of halogens is 3. The monoisotopic (exact) mass is 518 g/mol. The Kier molecular flexibility index (Phi) is 8.70. The molecule has 0 aromatic carbocycles. The summed E-state index contributed by atoms with van der Waals surface area (Å²) in [6.45, 7) is 6.59. The molecule has 2 aromatic rings. The second-order valence-electron chi connectivity index (χ2n) is 9.77. The molecule has 0 atom stereocenters. The number of carboxylic acid groups (broad SMARTS) is 1. The van der Waals surface area contributed by atoms with Gasteiger partial charge >= 0.3 is 12.1 Å². The molecule has 1 aliphatic heterocycles. The van der Waals surface area contributed by atoms with Gasteiger partial charge in [-0.25, -0.2) is 9.78 Å². The van der Waals surface area contributed by atoms with Crippen molar-refractivity contribution in [3.05, 3.63) is 47.3 Å². The van der Waals surface area contributed by atoms with Crippen LogP contribution in [0.5, 0.6) is 0 Å². The first-order valence-electron chi connectivity index (χ1n) is 11.9. The molecule has 0 saturated carbocycles. The molecule has 1 fully saturated rings. The number of amides is 1. The first-order valence-corrected chi connectivity index (χ1v) is 11.9. The van der Waals surface area contributed by atoms with Gasteiger partial charge in [0.25, 0.3) is 5.91 Å². The van der Waals surface area contributed by atoms with Gasteiger partial charge in [-0.1, -0.05) is 19.9 Å². The summed E-state index contributed by atoms with van der Waals surface area (Å²) in [7, 11) is 0. The first kappa shape index (κ1) is 27.9. The van der Waals surface area contributed by atoms with E-state index in [0.717, 1.165) is 56.6 Å². The highest BCUT2D eigenvalue weighted by molar-refractivity contribution is 6.03. The van der Waals surface area contributed by atoms with Gasteiger partial charge in [0.15, 0.2) is 5.82 Å². The molecule has 0 radical (unpaired) electrons. The van der Waals surface area contributed by atoms with Crippen molar-refractivity contribution in [1.29, 1.82) is 5.26 Å². The van der Waals surface area contributed by atoms with E-state index in [0.29, 0.717) is 17.0 Å². The molecule has 2 aromatic heterocycles. The van der Waals surface area contributed by atoms with Crippen molar-refractivity contribution in [2.75, 3.05) is 18.4 Å². The number of pyridine rings is 1. The number of carboxylic acids is 1. The number of H-pyrrole nitrogens is 1. The van der Waals surface area contributed by atoms with Crippen molar-refractivity contribution in [1.82, 2.24) is 20.3 Å². The van der Waals surface area contributed by atoms with Crippen LogP contribution in [-0.2, 0) is 4.79 Å². The number of carbonyl (C=O) groups is 2. The maximum atomic E-state index is 12.7. The summed E-state index contributed by atoms with van der Waals surface area (Å²) in [5.74, 6) is -2.56. The number of hydrogen-bond acceptors (Lipinski definition) is 6. The highest BCUT2D eigenvalue weighted by Gasteiger charge is 2.38. The average Bonchev–Trinajstić information content (AvgIpc) is 3.34. The van der Waals surface area contributed by atoms with E-state index in [2.05, 4.69) is 40.5 Å². The summed E-state index contributed by atoms with van der Waals surface area (Å²) in [5, 5.41) is 22.4. The zero-order valence-corrected chi connectivity index (χ0v) is 20.6. The van der Waals surface area contributed by atoms with E-state index in [9.17, 15) is 18.0 Å². The topological polar surface area (TPSA) is 144 Å². The van der Waals surface area contributed by atoms with Gasteiger partial charge in [0.05, 0.1) is 17.6 Å². The predicted molar refractivity (Wildman–Crippen MR) is 130 cm³/mol. The minimum absolute atomic E-state index is 0.124. The van der Waals surface area contributed by atoms with E-state index in [1.807, 2.05) is 18.2 Å². The molecule has 0 unspecified atom stereocenters. The minimum Gasteiger partial charge on any atom is -0.475 e. The molecule has 4 rings (SSSR count).